The lowest BCUT2D eigenvalue weighted by atomic mass is 10.3. The Kier molecular flexibility index (Phi) is 4.64. The maximum Gasteiger partial charge on any atom is 0.150 e. The van der Waals surface area contributed by atoms with Gasteiger partial charge in [-0.15, -0.1) is 0 Å². The molecular formula is C10H14FNO3S2. The minimum Gasteiger partial charge on any atom is -0.398 e. The van der Waals surface area contributed by atoms with Crippen molar-refractivity contribution in [1.29, 1.82) is 0 Å². The third kappa shape index (κ3) is 4.08. The van der Waals surface area contributed by atoms with Crippen LogP contribution in [0.3, 0.4) is 0 Å². The van der Waals surface area contributed by atoms with Crippen molar-refractivity contribution in [2.45, 2.75) is 11.8 Å². The maximum atomic E-state index is 12.9. The molecule has 0 saturated heterocycles. The maximum absolute atomic E-state index is 12.9. The van der Waals surface area contributed by atoms with Crippen molar-refractivity contribution in [3.8, 4) is 0 Å². The van der Waals surface area contributed by atoms with E-state index in [9.17, 15) is 17.0 Å². The van der Waals surface area contributed by atoms with Crippen LogP contribution in [0.15, 0.2) is 23.1 Å². The van der Waals surface area contributed by atoms with Crippen LogP contribution in [0.4, 0.5) is 10.1 Å². The van der Waals surface area contributed by atoms with Crippen molar-refractivity contribution in [3.63, 3.8) is 0 Å². The highest BCUT2D eigenvalue weighted by Crippen LogP contribution is 2.18. The fourth-order valence-electron chi connectivity index (χ4n) is 1.16. The van der Waals surface area contributed by atoms with Gasteiger partial charge in [-0.2, -0.15) is 0 Å². The summed E-state index contributed by atoms with van der Waals surface area (Å²) in [5.74, 6) is -0.792. The van der Waals surface area contributed by atoms with E-state index >= 15 is 0 Å². The Morgan fingerprint density at radius 3 is 2.65 bits per heavy atom. The summed E-state index contributed by atoms with van der Waals surface area (Å²) in [5, 5.41) is 0. The van der Waals surface area contributed by atoms with E-state index in [4.69, 9.17) is 5.73 Å². The van der Waals surface area contributed by atoms with Crippen molar-refractivity contribution in [3.05, 3.63) is 24.0 Å². The third-order valence-corrected chi connectivity index (χ3v) is 5.62. The second-order valence-electron chi connectivity index (χ2n) is 3.47. The standard InChI is InChI=1S/C10H14FNO3S2/c1-2-17(14,15)6-5-16(13)10-7-8(11)3-4-9(10)12/h3-4,7H,2,5-6,12H2,1H3. The molecule has 0 fully saturated rings. The van der Waals surface area contributed by atoms with E-state index in [1.165, 1.54) is 19.1 Å². The Balaban J connectivity index is 2.81. The molecule has 0 bridgehead atoms. The zero-order chi connectivity index (χ0) is 13.1. The predicted octanol–water partition coefficient (Wildman–Crippen LogP) is 0.950. The summed E-state index contributed by atoms with van der Waals surface area (Å²) in [4.78, 5) is 0.149. The number of benzene rings is 1. The molecule has 0 spiro atoms. The van der Waals surface area contributed by atoms with Gasteiger partial charge in [0, 0.05) is 17.2 Å². The van der Waals surface area contributed by atoms with Gasteiger partial charge >= 0.3 is 0 Å². The van der Waals surface area contributed by atoms with Crippen LogP contribution in [0.1, 0.15) is 6.92 Å². The highest BCUT2D eigenvalue weighted by atomic mass is 32.2. The van der Waals surface area contributed by atoms with Crippen molar-refractivity contribution >= 4 is 26.3 Å². The topological polar surface area (TPSA) is 77.2 Å². The van der Waals surface area contributed by atoms with Crippen LogP contribution in [0.2, 0.25) is 0 Å². The number of nitrogen functional groups attached to an aromatic ring is 1. The first-order chi connectivity index (χ1) is 7.85. The molecule has 1 aromatic rings. The smallest absolute Gasteiger partial charge is 0.150 e. The van der Waals surface area contributed by atoms with Crippen LogP contribution < -0.4 is 5.73 Å². The van der Waals surface area contributed by atoms with E-state index in [0.717, 1.165) is 6.07 Å². The van der Waals surface area contributed by atoms with Gasteiger partial charge in [0.05, 0.1) is 21.4 Å². The number of rotatable bonds is 5. The van der Waals surface area contributed by atoms with E-state index in [1.54, 1.807) is 0 Å². The molecule has 96 valence electrons. The molecule has 0 aromatic heterocycles. The summed E-state index contributed by atoms with van der Waals surface area (Å²) in [7, 11) is -4.77. The number of anilines is 1. The molecule has 17 heavy (non-hydrogen) atoms. The minimum absolute atomic E-state index is 0.00281. The molecule has 0 amide bonds. The quantitative estimate of drug-likeness (QED) is 0.814. The molecular weight excluding hydrogens is 265 g/mol. The number of hydrogen-bond acceptors (Lipinski definition) is 4. The second kappa shape index (κ2) is 5.59. The molecule has 0 aliphatic heterocycles. The van der Waals surface area contributed by atoms with Gasteiger partial charge in [0.15, 0.2) is 9.84 Å². The van der Waals surface area contributed by atoms with Crippen LogP contribution in [-0.2, 0) is 20.6 Å². The molecule has 7 heteroatoms. The molecule has 2 N–H and O–H groups in total. The SMILES string of the molecule is CCS(=O)(=O)CCS(=O)c1cc(F)ccc1N. The third-order valence-electron chi connectivity index (χ3n) is 2.24. The molecule has 0 aliphatic rings. The second-order valence-corrected chi connectivity index (χ2v) is 7.48. The summed E-state index contributed by atoms with van der Waals surface area (Å²) in [6, 6.07) is 3.56. The van der Waals surface area contributed by atoms with Gasteiger partial charge in [0.25, 0.3) is 0 Å². The van der Waals surface area contributed by atoms with E-state index in [2.05, 4.69) is 0 Å². The summed E-state index contributed by atoms with van der Waals surface area (Å²) in [5.41, 5.74) is 5.76. The molecule has 0 aliphatic carbocycles. The lowest BCUT2D eigenvalue weighted by Gasteiger charge is -2.06. The first kappa shape index (κ1) is 14.1. The Bertz CT molecular complexity index is 528. The van der Waals surface area contributed by atoms with E-state index < -0.39 is 26.5 Å². The van der Waals surface area contributed by atoms with Crippen molar-refractivity contribution in [2.75, 3.05) is 23.0 Å². The van der Waals surface area contributed by atoms with Crippen molar-refractivity contribution in [2.24, 2.45) is 0 Å². The molecule has 1 aromatic carbocycles. The van der Waals surface area contributed by atoms with Gasteiger partial charge in [0.2, 0.25) is 0 Å². The van der Waals surface area contributed by atoms with Crippen molar-refractivity contribution in [1.82, 2.24) is 0 Å². The molecule has 1 unspecified atom stereocenters. The Labute approximate surface area is 102 Å². The first-order valence-electron chi connectivity index (χ1n) is 4.99. The first-order valence-corrected chi connectivity index (χ1v) is 8.13. The largest absolute Gasteiger partial charge is 0.398 e. The number of nitrogens with two attached hydrogens (primary N) is 1. The molecule has 0 radical (unpaired) electrons. The van der Waals surface area contributed by atoms with Gasteiger partial charge in [-0.25, -0.2) is 12.8 Å². The van der Waals surface area contributed by atoms with Crippen LogP contribution in [-0.4, -0.2) is 29.9 Å². The fraction of sp³-hybridized carbons (Fsp3) is 0.400. The highest BCUT2D eigenvalue weighted by Gasteiger charge is 2.14. The summed E-state index contributed by atoms with van der Waals surface area (Å²) < 4.78 is 47.2. The number of sulfone groups is 1. The molecule has 1 atom stereocenters. The zero-order valence-corrected chi connectivity index (χ0v) is 11.0. The van der Waals surface area contributed by atoms with Crippen LogP contribution in [0, 0.1) is 5.82 Å². The average Bonchev–Trinajstić information content (AvgIpc) is 2.29. The minimum atomic E-state index is -3.17. The Morgan fingerprint density at radius 1 is 1.41 bits per heavy atom. The fourth-order valence-corrected chi connectivity index (χ4v) is 3.87. The predicted molar refractivity (Wildman–Crippen MR) is 66.4 cm³/mol. The van der Waals surface area contributed by atoms with Crippen LogP contribution in [0.5, 0.6) is 0 Å². The summed E-state index contributed by atoms with van der Waals surface area (Å²) >= 11 is 0. The molecule has 4 nitrogen and oxygen atoms in total. The highest BCUT2D eigenvalue weighted by molar-refractivity contribution is 7.93. The van der Waals surface area contributed by atoms with Crippen LogP contribution >= 0.6 is 0 Å². The van der Waals surface area contributed by atoms with Gasteiger partial charge in [-0.1, -0.05) is 6.92 Å². The zero-order valence-electron chi connectivity index (χ0n) is 9.35. The van der Waals surface area contributed by atoms with Gasteiger partial charge in [0.1, 0.15) is 5.82 Å². The van der Waals surface area contributed by atoms with E-state index in [1.807, 2.05) is 0 Å². The van der Waals surface area contributed by atoms with Crippen LogP contribution in [0.25, 0.3) is 0 Å². The molecule has 0 saturated carbocycles. The Morgan fingerprint density at radius 2 is 2.06 bits per heavy atom. The average molecular weight is 279 g/mol. The normalized spacial score (nSPS) is 13.5. The molecule has 0 heterocycles. The monoisotopic (exact) mass is 279 g/mol. The number of halogens is 1. The number of hydrogen-bond donors (Lipinski definition) is 1. The van der Waals surface area contributed by atoms with Gasteiger partial charge < -0.3 is 5.73 Å². The summed E-state index contributed by atoms with van der Waals surface area (Å²) in [6.07, 6.45) is 0. The lowest BCUT2D eigenvalue weighted by molar-refractivity contribution is 0.598. The van der Waals surface area contributed by atoms with Crippen molar-refractivity contribution < 1.29 is 17.0 Å². The van der Waals surface area contributed by atoms with Gasteiger partial charge in [-0.3, -0.25) is 4.21 Å². The Hall–Kier alpha value is -0.950. The van der Waals surface area contributed by atoms with Gasteiger partial charge in [-0.05, 0) is 18.2 Å². The molecule has 1 rings (SSSR count). The van der Waals surface area contributed by atoms with E-state index in [0.29, 0.717) is 0 Å². The van der Waals surface area contributed by atoms with E-state index in [-0.39, 0.29) is 27.8 Å². The lowest BCUT2D eigenvalue weighted by Crippen LogP contribution is -2.15. The summed E-state index contributed by atoms with van der Waals surface area (Å²) in [6.45, 7) is 1.52.